The van der Waals surface area contributed by atoms with Gasteiger partial charge in [0.1, 0.15) is 5.69 Å². The zero-order valence-corrected chi connectivity index (χ0v) is 14.4. The third-order valence-corrected chi connectivity index (χ3v) is 4.19. The van der Waals surface area contributed by atoms with Crippen molar-refractivity contribution in [1.82, 2.24) is 10.2 Å². The van der Waals surface area contributed by atoms with E-state index in [0.29, 0.717) is 38.4 Å². The summed E-state index contributed by atoms with van der Waals surface area (Å²) in [4.78, 5) is 38.2. The van der Waals surface area contributed by atoms with Gasteiger partial charge in [0.05, 0.1) is 4.92 Å². The Morgan fingerprint density at radius 3 is 2.48 bits per heavy atom. The van der Waals surface area contributed by atoms with E-state index in [-0.39, 0.29) is 35.3 Å². The maximum atomic E-state index is 12.2. The maximum Gasteiger partial charge on any atom is 0.292 e. The number of piperazine rings is 1. The normalized spacial score (nSPS) is 14.3. The fourth-order valence-electron chi connectivity index (χ4n) is 2.81. The lowest BCUT2D eigenvalue weighted by Gasteiger charge is -2.35. The van der Waals surface area contributed by atoms with E-state index in [1.807, 2.05) is 11.8 Å². The molecule has 0 aliphatic carbocycles. The van der Waals surface area contributed by atoms with Crippen LogP contribution in [0.2, 0.25) is 0 Å². The number of hydrogen-bond acceptors (Lipinski definition) is 5. The first-order valence-corrected chi connectivity index (χ1v) is 8.55. The van der Waals surface area contributed by atoms with Crippen molar-refractivity contribution in [2.45, 2.75) is 26.2 Å². The number of nitrogens with zero attached hydrogens (tertiary/aromatic N) is 3. The van der Waals surface area contributed by atoms with Crippen LogP contribution >= 0.6 is 0 Å². The molecule has 1 saturated heterocycles. The van der Waals surface area contributed by atoms with Gasteiger partial charge in [0.15, 0.2) is 0 Å². The first-order valence-electron chi connectivity index (χ1n) is 8.55. The minimum atomic E-state index is -0.387. The number of rotatable bonds is 7. The number of benzene rings is 1. The molecule has 0 aromatic heterocycles. The Balaban J connectivity index is 1.84. The van der Waals surface area contributed by atoms with E-state index in [0.717, 1.165) is 6.42 Å². The number of carbonyl (C=O) groups is 2. The Morgan fingerprint density at radius 2 is 1.84 bits per heavy atom. The Morgan fingerprint density at radius 1 is 1.16 bits per heavy atom. The minimum Gasteiger partial charge on any atom is -0.362 e. The average molecular weight is 348 g/mol. The van der Waals surface area contributed by atoms with E-state index >= 15 is 0 Å². The third kappa shape index (κ3) is 5.17. The van der Waals surface area contributed by atoms with Gasteiger partial charge in [-0.05, 0) is 12.5 Å². The molecule has 0 atom stereocenters. The van der Waals surface area contributed by atoms with Gasteiger partial charge < -0.3 is 15.1 Å². The number of carbonyl (C=O) groups excluding carboxylic acids is 2. The molecule has 0 bridgehead atoms. The summed E-state index contributed by atoms with van der Waals surface area (Å²) in [6, 6.07) is 6.63. The van der Waals surface area contributed by atoms with Crippen molar-refractivity contribution in [3.05, 3.63) is 34.4 Å². The monoisotopic (exact) mass is 348 g/mol. The number of nitrogens with one attached hydrogen (secondary N) is 1. The Kier molecular flexibility index (Phi) is 6.73. The van der Waals surface area contributed by atoms with Crippen LogP contribution in [0.25, 0.3) is 0 Å². The van der Waals surface area contributed by atoms with Gasteiger partial charge in [-0.1, -0.05) is 19.1 Å². The molecule has 1 aromatic carbocycles. The summed E-state index contributed by atoms with van der Waals surface area (Å²) in [5.74, 6) is -0.150. The van der Waals surface area contributed by atoms with Gasteiger partial charge in [0.25, 0.3) is 5.69 Å². The molecular formula is C17H24N4O4. The van der Waals surface area contributed by atoms with Crippen molar-refractivity contribution in [2.75, 3.05) is 37.6 Å². The Hall–Kier alpha value is -2.64. The van der Waals surface area contributed by atoms with Crippen LogP contribution in [0, 0.1) is 10.1 Å². The highest BCUT2D eigenvalue weighted by molar-refractivity contribution is 5.84. The summed E-state index contributed by atoms with van der Waals surface area (Å²) in [6.45, 7) is 4.68. The van der Waals surface area contributed by atoms with Gasteiger partial charge in [-0.15, -0.1) is 0 Å². The first kappa shape index (κ1) is 18.7. The standard InChI is InChI=1S/C17H24N4O4/c1-2-9-18-16(22)7-8-17(23)20-12-10-19(11-13-20)14-5-3-4-6-15(14)21(24)25/h3-6H,2,7-13H2,1H3,(H,18,22). The van der Waals surface area contributed by atoms with Crippen LogP contribution in [0.5, 0.6) is 0 Å². The van der Waals surface area contributed by atoms with Crippen LogP contribution in [0.4, 0.5) is 11.4 Å². The minimum absolute atomic E-state index is 0.0474. The molecule has 2 amide bonds. The summed E-state index contributed by atoms with van der Waals surface area (Å²) in [6.07, 6.45) is 1.26. The second-order valence-electron chi connectivity index (χ2n) is 5.96. The highest BCUT2D eigenvalue weighted by Gasteiger charge is 2.25. The van der Waals surface area contributed by atoms with Crippen LogP contribution in [0.15, 0.2) is 24.3 Å². The topological polar surface area (TPSA) is 95.8 Å². The summed E-state index contributed by atoms with van der Waals surface area (Å²) >= 11 is 0. The van der Waals surface area contributed by atoms with Crippen LogP contribution in [-0.4, -0.2) is 54.4 Å². The largest absolute Gasteiger partial charge is 0.362 e. The van der Waals surface area contributed by atoms with Crippen LogP contribution in [0.3, 0.4) is 0 Å². The van der Waals surface area contributed by atoms with Crippen LogP contribution in [0.1, 0.15) is 26.2 Å². The molecule has 0 saturated carbocycles. The molecular weight excluding hydrogens is 324 g/mol. The second kappa shape index (κ2) is 9.00. The maximum absolute atomic E-state index is 12.2. The molecule has 1 aromatic rings. The molecule has 8 heteroatoms. The van der Waals surface area contributed by atoms with Crippen LogP contribution in [-0.2, 0) is 9.59 Å². The van der Waals surface area contributed by atoms with Crippen LogP contribution < -0.4 is 10.2 Å². The van der Waals surface area contributed by atoms with Gasteiger partial charge >= 0.3 is 0 Å². The van der Waals surface area contributed by atoms with Crippen molar-refractivity contribution in [3.8, 4) is 0 Å². The van der Waals surface area contributed by atoms with Gasteiger partial charge in [-0.3, -0.25) is 19.7 Å². The highest BCUT2D eigenvalue weighted by atomic mass is 16.6. The van der Waals surface area contributed by atoms with E-state index in [1.165, 1.54) is 6.07 Å². The lowest BCUT2D eigenvalue weighted by molar-refractivity contribution is -0.384. The second-order valence-corrected chi connectivity index (χ2v) is 5.96. The van der Waals surface area contributed by atoms with Gasteiger partial charge in [-0.25, -0.2) is 0 Å². The summed E-state index contributed by atoms with van der Waals surface area (Å²) < 4.78 is 0. The molecule has 1 heterocycles. The summed E-state index contributed by atoms with van der Waals surface area (Å²) in [7, 11) is 0. The predicted molar refractivity (Wildman–Crippen MR) is 94.4 cm³/mol. The molecule has 0 radical (unpaired) electrons. The molecule has 1 aliphatic rings. The van der Waals surface area contributed by atoms with Gasteiger partial charge in [0.2, 0.25) is 11.8 Å². The van der Waals surface area contributed by atoms with Crippen molar-refractivity contribution in [3.63, 3.8) is 0 Å². The summed E-state index contributed by atoms with van der Waals surface area (Å²) in [5.41, 5.74) is 0.661. The van der Waals surface area contributed by atoms with Crippen molar-refractivity contribution in [1.29, 1.82) is 0 Å². The number of nitro groups is 1. The van der Waals surface area contributed by atoms with Gasteiger partial charge in [0, 0.05) is 51.6 Å². The van der Waals surface area contributed by atoms with Crippen molar-refractivity contribution >= 4 is 23.2 Å². The smallest absolute Gasteiger partial charge is 0.292 e. The fraction of sp³-hybridized carbons (Fsp3) is 0.529. The lowest BCUT2D eigenvalue weighted by atomic mass is 10.2. The number of anilines is 1. The molecule has 2 rings (SSSR count). The third-order valence-electron chi connectivity index (χ3n) is 4.19. The van der Waals surface area contributed by atoms with Crippen molar-refractivity contribution in [2.24, 2.45) is 0 Å². The van der Waals surface area contributed by atoms with Crippen molar-refractivity contribution < 1.29 is 14.5 Å². The number of hydrogen-bond donors (Lipinski definition) is 1. The SMILES string of the molecule is CCCNC(=O)CCC(=O)N1CCN(c2ccccc2[N+](=O)[O-])CC1. The van der Waals surface area contributed by atoms with E-state index in [9.17, 15) is 19.7 Å². The molecule has 0 spiro atoms. The number of para-hydroxylation sites is 2. The quantitative estimate of drug-likeness (QED) is 0.596. The molecule has 1 N–H and O–H groups in total. The fourth-order valence-corrected chi connectivity index (χ4v) is 2.81. The van der Waals surface area contributed by atoms with Gasteiger partial charge in [-0.2, -0.15) is 0 Å². The predicted octanol–water partition coefficient (Wildman–Crippen LogP) is 1.55. The number of nitro benzene ring substituents is 1. The highest BCUT2D eigenvalue weighted by Crippen LogP contribution is 2.28. The van der Waals surface area contributed by atoms with E-state index < -0.39 is 0 Å². The molecule has 8 nitrogen and oxygen atoms in total. The number of amides is 2. The summed E-state index contributed by atoms with van der Waals surface area (Å²) in [5, 5.41) is 13.9. The Bertz CT molecular complexity index is 627. The Labute approximate surface area is 146 Å². The zero-order chi connectivity index (χ0) is 18.2. The first-order chi connectivity index (χ1) is 12.0. The average Bonchev–Trinajstić information content (AvgIpc) is 2.64. The molecule has 25 heavy (non-hydrogen) atoms. The molecule has 1 aliphatic heterocycles. The molecule has 136 valence electrons. The van der Waals surface area contributed by atoms with E-state index in [4.69, 9.17) is 0 Å². The molecule has 0 unspecified atom stereocenters. The van der Waals surface area contributed by atoms with E-state index in [1.54, 1.807) is 23.1 Å². The zero-order valence-electron chi connectivity index (χ0n) is 14.4. The molecule has 1 fully saturated rings. The lowest BCUT2D eigenvalue weighted by Crippen LogP contribution is -2.49. The van der Waals surface area contributed by atoms with E-state index in [2.05, 4.69) is 5.32 Å².